The van der Waals surface area contributed by atoms with Crippen molar-refractivity contribution in [1.82, 2.24) is 4.90 Å². The summed E-state index contributed by atoms with van der Waals surface area (Å²) >= 11 is 0. The largest absolute Gasteiger partial charge is 0.573 e. The van der Waals surface area contributed by atoms with Gasteiger partial charge in [-0.15, -0.1) is 13.2 Å². The number of ether oxygens (including phenoxy) is 2. The first-order chi connectivity index (χ1) is 26.7. The molecule has 0 heterocycles. The Morgan fingerprint density at radius 3 is 2.30 bits per heavy atom. The van der Waals surface area contributed by atoms with Gasteiger partial charge in [0.05, 0.1) is 25.4 Å². The Hall–Kier alpha value is -5.13. The molecule has 0 aliphatic heterocycles. The van der Waals surface area contributed by atoms with Gasteiger partial charge in [-0.3, -0.25) is 4.79 Å². The van der Waals surface area contributed by atoms with Gasteiger partial charge in [-0.2, -0.15) is 0 Å². The van der Waals surface area contributed by atoms with E-state index in [1.54, 1.807) is 55.6 Å². The van der Waals surface area contributed by atoms with Crippen molar-refractivity contribution in [3.05, 3.63) is 137 Å². The number of alkyl halides is 3. The number of hydrogen-bond donors (Lipinski definition) is 3. The van der Waals surface area contributed by atoms with E-state index in [9.17, 15) is 33.0 Å². The number of nitrogens with zero attached hydrogens (tertiary/aromatic N) is 1. The van der Waals surface area contributed by atoms with Crippen molar-refractivity contribution in [1.29, 1.82) is 0 Å². The number of hydrogen-bond acceptors (Lipinski definition) is 6. The van der Waals surface area contributed by atoms with Crippen LogP contribution < -0.4 is 14.8 Å². The van der Waals surface area contributed by atoms with Crippen molar-refractivity contribution in [2.75, 3.05) is 19.0 Å². The molecular weight excluding hydrogens is 721 g/mol. The summed E-state index contributed by atoms with van der Waals surface area (Å²) in [4.78, 5) is 30.0. The summed E-state index contributed by atoms with van der Waals surface area (Å²) in [5.74, 6) is -0.231. The molecule has 3 aliphatic carbocycles. The van der Waals surface area contributed by atoms with Gasteiger partial charge in [0.25, 0.3) is 0 Å². The number of rotatable bonds is 9. The molecule has 4 atom stereocenters. The molecule has 3 N–H and O–H groups in total. The molecule has 8 nitrogen and oxygen atoms in total. The Bertz CT molecular complexity index is 2020. The topological polar surface area (TPSA) is 108 Å². The van der Waals surface area contributed by atoms with Crippen LogP contribution in [0.25, 0.3) is 0 Å². The van der Waals surface area contributed by atoms with Gasteiger partial charge >= 0.3 is 12.4 Å². The summed E-state index contributed by atoms with van der Waals surface area (Å²) in [6, 6.07) is 26.5. The minimum absolute atomic E-state index is 0.00867. The van der Waals surface area contributed by atoms with Crippen LogP contribution in [0.2, 0.25) is 0 Å². The maximum atomic E-state index is 14.4. The van der Waals surface area contributed by atoms with Crippen molar-refractivity contribution in [2.24, 2.45) is 5.41 Å². The first-order valence-electron chi connectivity index (χ1n) is 19.0. The summed E-state index contributed by atoms with van der Waals surface area (Å²) in [5.41, 5.74) is 2.54. The maximum absolute atomic E-state index is 14.4. The maximum Gasteiger partial charge on any atom is 0.573 e. The van der Waals surface area contributed by atoms with Crippen molar-refractivity contribution in [3.63, 3.8) is 0 Å². The number of fused-ring (bicyclic) bond motifs is 8. The molecule has 1 fully saturated rings. The van der Waals surface area contributed by atoms with E-state index >= 15 is 0 Å². The molecule has 296 valence electrons. The van der Waals surface area contributed by atoms with Crippen molar-refractivity contribution in [3.8, 4) is 11.5 Å². The summed E-state index contributed by atoms with van der Waals surface area (Å²) < 4.78 is 48.1. The molecule has 2 amide bonds. The monoisotopic (exact) mass is 770 g/mol. The van der Waals surface area contributed by atoms with Gasteiger partial charge in [0, 0.05) is 28.8 Å². The molecule has 4 unspecified atom stereocenters. The molecule has 0 aromatic heterocycles. The third-order valence-corrected chi connectivity index (χ3v) is 11.6. The van der Waals surface area contributed by atoms with Crippen LogP contribution in [-0.2, 0) is 13.0 Å². The van der Waals surface area contributed by atoms with Crippen LogP contribution in [-0.4, -0.2) is 58.6 Å². The second kappa shape index (κ2) is 16.9. The van der Waals surface area contributed by atoms with E-state index in [1.807, 2.05) is 38.1 Å². The van der Waals surface area contributed by atoms with Gasteiger partial charge < -0.3 is 29.9 Å². The van der Waals surface area contributed by atoms with E-state index in [0.717, 1.165) is 16.7 Å². The average Bonchev–Trinajstić information content (AvgIpc) is 3.42. The smallest absolute Gasteiger partial charge is 0.497 e. The molecule has 0 radical (unpaired) electrons. The van der Waals surface area contributed by atoms with E-state index in [4.69, 9.17) is 4.74 Å². The van der Waals surface area contributed by atoms with Gasteiger partial charge in [-0.05, 0) is 129 Å². The second-order valence-corrected chi connectivity index (χ2v) is 15.3. The number of ketones is 1. The summed E-state index contributed by atoms with van der Waals surface area (Å²) in [5, 5.41) is 26.9. The van der Waals surface area contributed by atoms with Crippen LogP contribution in [0.5, 0.6) is 11.5 Å². The number of aliphatic hydroxyl groups is 2. The Morgan fingerprint density at radius 2 is 1.62 bits per heavy atom. The van der Waals surface area contributed by atoms with Crippen LogP contribution in [0.4, 0.5) is 23.7 Å². The number of nitrogens with one attached hydrogen (secondary N) is 1. The van der Waals surface area contributed by atoms with Gasteiger partial charge in [0.15, 0.2) is 5.78 Å². The highest BCUT2D eigenvalue weighted by Crippen LogP contribution is 2.59. The molecule has 3 aliphatic rings. The van der Waals surface area contributed by atoms with Crippen molar-refractivity contribution < 1.29 is 42.4 Å². The summed E-state index contributed by atoms with van der Waals surface area (Å²) in [6.07, 6.45) is 0.357. The van der Waals surface area contributed by atoms with Gasteiger partial charge in [0.1, 0.15) is 11.5 Å². The number of halogens is 3. The lowest BCUT2D eigenvalue weighted by atomic mass is 9.64. The highest BCUT2D eigenvalue weighted by molar-refractivity contribution is 6.10. The van der Waals surface area contributed by atoms with E-state index < -0.39 is 29.5 Å². The minimum Gasteiger partial charge on any atom is -0.497 e. The third-order valence-electron chi connectivity index (χ3n) is 11.6. The predicted octanol–water partition coefficient (Wildman–Crippen LogP) is 9.60. The zero-order valence-electron chi connectivity index (χ0n) is 31.9. The SMILES string of the molecule is COc1ccc(C(=O)c2cc3ccc2C2CCC(O)(CN(Cc4ccc(OC(F)(F)F)cc4)C(=O)Nc4ccccc4)C2(C)CCC=C(C)CCC(O)C3)cc1. The third kappa shape index (κ3) is 9.45. The fourth-order valence-electron chi connectivity index (χ4n) is 8.35. The molecule has 56 heavy (non-hydrogen) atoms. The number of allylic oxidation sites excluding steroid dienone is 2. The van der Waals surface area contributed by atoms with Crippen molar-refractivity contribution >= 4 is 17.5 Å². The van der Waals surface area contributed by atoms with E-state index in [2.05, 4.69) is 16.1 Å². The number of aliphatic hydroxyl groups excluding tert-OH is 1. The highest BCUT2D eigenvalue weighted by Gasteiger charge is 2.57. The van der Waals surface area contributed by atoms with Gasteiger partial charge in [-0.1, -0.05) is 61.0 Å². The zero-order chi connectivity index (χ0) is 40.1. The van der Waals surface area contributed by atoms with Crippen LogP contribution in [0.3, 0.4) is 0 Å². The van der Waals surface area contributed by atoms with Gasteiger partial charge in [0.2, 0.25) is 0 Å². The normalized spacial score (nSPS) is 22.7. The standard InChI is InChI=1S/C45H49F3N2O6/c1-30-8-7-24-43(2)40(38-22-14-32(26-35(51)17-11-30)27-39(38)41(52)33-15-20-36(55-3)21-16-33)23-25-44(43,54)29-50(42(53)49-34-9-5-4-6-10-34)28-31-12-18-37(19-13-31)56-45(46,47)48/h4-6,8-10,12-16,18-22,27,35,40,51,54H,7,11,17,23-26,28-29H2,1-3H3,(H,49,53). The molecule has 2 bridgehead atoms. The second-order valence-electron chi connectivity index (χ2n) is 15.3. The minimum atomic E-state index is -4.85. The summed E-state index contributed by atoms with van der Waals surface area (Å²) in [7, 11) is 1.56. The molecule has 4 aromatic rings. The number of anilines is 1. The van der Waals surface area contributed by atoms with Crippen LogP contribution >= 0.6 is 0 Å². The average molecular weight is 771 g/mol. The molecule has 7 rings (SSSR count). The Labute approximate surface area is 326 Å². The predicted molar refractivity (Wildman–Crippen MR) is 209 cm³/mol. The Kier molecular flexibility index (Phi) is 12.3. The van der Waals surface area contributed by atoms with Crippen LogP contribution in [0.1, 0.15) is 90.9 Å². The van der Waals surface area contributed by atoms with Gasteiger partial charge in [-0.25, -0.2) is 4.79 Å². The lowest BCUT2D eigenvalue weighted by Crippen LogP contribution is -2.54. The van der Waals surface area contributed by atoms with Crippen LogP contribution in [0.15, 0.2) is 109 Å². The number of para-hydroxylation sites is 1. The van der Waals surface area contributed by atoms with Crippen molar-refractivity contribution in [2.45, 2.75) is 89.3 Å². The number of carbonyl (C=O) groups is 2. The number of urea groups is 1. The first-order valence-corrected chi connectivity index (χ1v) is 19.0. The number of amides is 2. The Morgan fingerprint density at radius 1 is 0.929 bits per heavy atom. The lowest BCUT2D eigenvalue weighted by Gasteiger charge is -2.46. The molecular formula is C45H49F3N2O6. The van der Waals surface area contributed by atoms with E-state index in [-0.39, 0.29) is 30.5 Å². The Balaban J connectivity index is 1.40. The van der Waals surface area contributed by atoms with E-state index in [0.29, 0.717) is 73.1 Å². The quantitative estimate of drug-likeness (QED) is 0.116. The van der Waals surface area contributed by atoms with Crippen LogP contribution in [0, 0.1) is 5.41 Å². The molecule has 0 spiro atoms. The number of methoxy groups -OCH3 is 1. The fraction of sp³-hybridized carbons (Fsp3) is 0.378. The molecule has 11 heteroatoms. The number of carbonyl (C=O) groups excluding carboxylic acids is 2. The summed E-state index contributed by atoms with van der Waals surface area (Å²) in [6.45, 7) is 3.98. The highest BCUT2D eigenvalue weighted by atomic mass is 19.4. The molecule has 1 saturated carbocycles. The lowest BCUT2D eigenvalue weighted by molar-refractivity contribution is -0.274. The molecule has 0 saturated heterocycles. The zero-order valence-corrected chi connectivity index (χ0v) is 31.9. The first kappa shape index (κ1) is 40.5. The fourth-order valence-corrected chi connectivity index (χ4v) is 8.35. The molecule has 4 aromatic carbocycles. The van der Waals surface area contributed by atoms with E-state index in [1.165, 1.54) is 29.2 Å². The number of benzene rings is 4.